The van der Waals surface area contributed by atoms with E-state index < -0.39 is 0 Å². The first-order valence-corrected chi connectivity index (χ1v) is 17.8. The van der Waals surface area contributed by atoms with Crippen LogP contribution in [-0.2, 0) is 0 Å². The van der Waals surface area contributed by atoms with Gasteiger partial charge in [-0.1, -0.05) is 91.0 Å². The van der Waals surface area contributed by atoms with Gasteiger partial charge in [-0.15, -0.1) is 11.3 Å². The van der Waals surface area contributed by atoms with Crippen LogP contribution < -0.4 is 35.1 Å². The number of fused-ring (bicyclic) bond motifs is 10. The Balaban J connectivity index is 1.26. The monoisotopic (exact) mass is 657 g/mol. The molecule has 0 atom stereocenters. The van der Waals surface area contributed by atoms with Gasteiger partial charge in [-0.05, 0) is 89.8 Å². The summed E-state index contributed by atoms with van der Waals surface area (Å²) in [7, 11) is 0. The molecule has 0 aliphatic carbocycles. The number of benzene rings is 7. The van der Waals surface area contributed by atoms with Gasteiger partial charge in [-0.25, -0.2) is 0 Å². The van der Waals surface area contributed by atoms with Crippen molar-refractivity contribution in [2.45, 2.75) is 0 Å². The summed E-state index contributed by atoms with van der Waals surface area (Å²) in [4.78, 5) is 7.23. The van der Waals surface area contributed by atoms with Crippen LogP contribution in [0.1, 0.15) is 0 Å². The van der Waals surface area contributed by atoms with Crippen LogP contribution in [0.2, 0.25) is 0 Å². The van der Waals surface area contributed by atoms with E-state index in [0.29, 0.717) is 0 Å². The van der Waals surface area contributed by atoms with Crippen LogP contribution in [0.15, 0.2) is 170 Å². The summed E-state index contributed by atoms with van der Waals surface area (Å²) in [5, 5.41) is 1.29. The maximum Gasteiger partial charge on any atom is 0.264 e. The molecule has 3 aliphatic heterocycles. The Bertz CT molecular complexity index is 2620. The lowest BCUT2D eigenvalue weighted by Gasteiger charge is -2.44. The Morgan fingerprint density at radius 3 is 1.76 bits per heavy atom. The van der Waals surface area contributed by atoms with E-state index in [1.807, 2.05) is 17.4 Å². The van der Waals surface area contributed by atoms with Crippen LogP contribution in [0.25, 0.3) is 10.1 Å². The molecule has 3 aliphatic rings. The van der Waals surface area contributed by atoms with Crippen LogP contribution in [0.3, 0.4) is 0 Å². The second kappa shape index (κ2) is 10.6. The molecule has 11 rings (SSSR count). The largest absolute Gasteiger partial charge is 0.453 e. The Morgan fingerprint density at radius 1 is 0.440 bits per heavy atom. The number of anilines is 9. The van der Waals surface area contributed by atoms with Gasteiger partial charge in [0.05, 0.1) is 17.1 Å². The summed E-state index contributed by atoms with van der Waals surface area (Å²) in [6.07, 6.45) is 0. The Morgan fingerprint density at radius 2 is 1.02 bits per heavy atom. The fourth-order valence-corrected chi connectivity index (χ4v) is 9.49. The van der Waals surface area contributed by atoms with Gasteiger partial charge in [0.15, 0.2) is 11.5 Å². The van der Waals surface area contributed by atoms with Crippen molar-refractivity contribution in [3.05, 3.63) is 170 Å². The third-order valence-electron chi connectivity index (χ3n) is 10.2. The Kier molecular flexibility index (Phi) is 5.89. The molecule has 50 heavy (non-hydrogen) atoms. The fourth-order valence-electron chi connectivity index (χ4n) is 8.17. The normalized spacial score (nSPS) is 13.6. The summed E-state index contributed by atoms with van der Waals surface area (Å²) in [6, 6.07) is 60.9. The lowest BCUT2D eigenvalue weighted by atomic mass is 9.36. The maximum absolute atomic E-state index is 6.96. The highest BCUT2D eigenvalue weighted by atomic mass is 32.1. The fraction of sp³-hybridized carbons (Fsp3) is 0. The molecule has 0 fully saturated rings. The zero-order chi connectivity index (χ0) is 32.8. The van der Waals surface area contributed by atoms with E-state index in [2.05, 4.69) is 178 Å². The summed E-state index contributed by atoms with van der Waals surface area (Å²) in [6.45, 7) is 0.0577. The summed E-state index contributed by atoms with van der Waals surface area (Å²) in [5.41, 5.74) is 12.7. The molecular weight excluding hydrogens is 629 g/mol. The number of hydrogen-bond donors (Lipinski definition) is 0. The molecule has 4 nitrogen and oxygen atoms in total. The van der Waals surface area contributed by atoms with Gasteiger partial charge in [0.25, 0.3) is 6.71 Å². The molecule has 0 saturated heterocycles. The molecule has 7 aromatic carbocycles. The van der Waals surface area contributed by atoms with E-state index in [1.165, 1.54) is 37.2 Å². The van der Waals surface area contributed by atoms with Crippen molar-refractivity contribution >= 4 is 95.0 Å². The van der Waals surface area contributed by atoms with Crippen molar-refractivity contribution in [2.24, 2.45) is 0 Å². The molecule has 0 saturated carbocycles. The molecule has 0 amide bonds. The topological polar surface area (TPSA) is 19.0 Å². The number of nitrogens with zero attached hydrogens (tertiary/aromatic N) is 3. The average molecular weight is 658 g/mol. The van der Waals surface area contributed by atoms with Gasteiger partial charge in [0.2, 0.25) is 0 Å². The molecule has 1 aromatic heterocycles. The highest BCUT2D eigenvalue weighted by Gasteiger charge is 2.45. The standard InChI is InChI=1S/C44H28BN3OS/c1-3-14-29(15-4-1)46-31-26-27-33-38(28-31)48(35-20-9-11-24-40(35)49-39-23-10-8-19-34(39)46)37-22-13-21-36-42(37)45(33)44-43(32-18-7-12-25-41(32)50-44)47(36)30-16-5-2-6-17-30/h1-28H. The second-order valence-electron chi connectivity index (χ2n) is 12.9. The van der Waals surface area contributed by atoms with E-state index in [0.717, 1.165) is 51.3 Å². The van der Waals surface area contributed by atoms with E-state index in [4.69, 9.17) is 4.74 Å². The summed E-state index contributed by atoms with van der Waals surface area (Å²) >= 11 is 1.92. The zero-order valence-corrected chi connectivity index (χ0v) is 27.7. The Hall–Kier alpha value is -6.24. The van der Waals surface area contributed by atoms with Crippen LogP contribution in [0.4, 0.5) is 51.2 Å². The van der Waals surface area contributed by atoms with Crippen molar-refractivity contribution < 1.29 is 4.74 Å². The molecule has 0 unspecified atom stereocenters. The van der Waals surface area contributed by atoms with Gasteiger partial charge >= 0.3 is 0 Å². The number of thiophene rings is 1. The number of para-hydroxylation sites is 6. The van der Waals surface area contributed by atoms with E-state index in [9.17, 15) is 0 Å². The van der Waals surface area contributed by atoms with Crippen molar-refractivity contribution in [3.63, 3.8) is 0 Å². The van der Waals surface area contributed by atoms with Crippen LogP contribution >= 0.6 is 11.3 Å². The first kappa shape index (κ1) is 27.7. The SMILES string of the molecule is c1ccc(N2c3ccc4c(c3)N(c3ccccc3Oc3ccccc32)c2cccc3c2B4c2sc4ccccc4c2N3c2ccccc2)cc1. The summed E-state index contributed by atoms with van der Waals surface area (Å²) < 4.78 is 9.63. The van der Waals surface area contributed by atoms with E-state index in [-0.39, 0.29) is 6.71 Å². The zero-order valence-electron chi connectivity index (χ0n) is 26.9. The molecule has 234 valence electrons. The third-order valence-corrected chi connectivity index (χ3v) is 11.4. The van der Waals surface area contributed by atoms with Crippen LogP contribution in [0.5, 0.6) is 11.5 Å². The predicted molar refractivity (Wildman–Crippen MR) is 211 cm³/mol. The molecule has 2 bridgehead atoms. The van der Waals surface area contributed by atoms with Crippen molar-refractivity contribution in [2.75, 3.05) is 14.7 Å². The smallest absolute Gasteiger partial charge is 0.264 e. The van der Waals surface area contributed by atoms with Crippen molar-refractivity contribution in [1.82, 2.24) is 0 Å². The molecular formula is C44H28BN3OS. The number of rotatable bonds is 2. The van der Waals surface area contributed by atoms with Gasteiger partial charge < -0.3 is 19.4 Å². The Labute approximate surface area is 294 Å². The molecule has 6 heteroatoms. The second-order valence-corrected chi connectivity index (χ2v) is 14.0. The first-order chi connectivity index (χ1) is 24.8. The minimum absolute atomic E-state index is 0.0577. The maximum atomic E-state index is 6.96. The molecule has 4 heterocycles. The first-order valence-electron chi connectivity index (χ1n) is 17.0. The number of hydrogen-bond acceptors (Lipinski definition) is 5. The molecule has 0 spiro atoms. The quantitative estimate of drug-likeness (QED) is 0.172. The lowest BCUT2D eigenvalue weighted by Crippen LogP contribution is -2.60. The van der Waals surface area contributed by atoms with Crippen molar-refractivity contribution in [3.8, 4) is 11.5 Å². The number of ether oxygens (including phenoxy) is 1. The third kappa shape index (κ3) is 3.88. The molecule has 0 N–H and O–H groups in total. The van der Waals surface area contributed by atoms with Gasteiger partial charge in [0.1, 0.15) is 0 Å². The van der Waals surface area contributed by atoms with Crippen LogP contribution in [-0.4, -0.2) is 6.71 Å². The minimum atomic E-state index is 0.0577. The van der Waals surface area contributed by atoms with Gasteiger partial charge in [0, 0.05) is 49.0 Å². The van der Waals surface area contributed by atoms with Crippen LogP contribution in [0, 0.1) is 0 Å². The highest BCUT2D eigenvalue weighted by Crippen LogP contribution is 2.52. The lowest BCUT2D eigenvalue weighted by molar-refractivity contribution is 0.484. The predicted octanol–water partition coefficient (Wildman–Crippen LogP) is 10.6. The van der Waals surface area contributed by atoms with E-state index >= 15 is 0 Å². The molecule has 0 radical (unpaired) electrons. The highest BCUT2D eigenvalue weighted by molar-refractivity contribution is 7.33. The van der Waals surface area contributed by atoms with Gasteiger partial charge in [-0.3, -0.25) is 0 Å². The molecule has 8 aromatic rings. The average Bonchev–Trinajstić information content (AvgIpc) is 3.56. The minimum Gasteiger partial charge on any atom is -0.453 e. The van der Waals surface area contributed by atoms with Gasteiger partial charge in [-0.2, -0.15) is 0 Å². The van der Waals surface area contributed by atoms with E-state index in [1.54, 1.807) is 0 Å². The summed E-state index contributed by atoms with van der Waals surface area (Å²) in [5.74, 6) is 1.60. The van der Waals surface area contributed by atoms with Crippen molar-refractivity contribution in [1.29, 1.82) is 0 Å².